The number of ketones is 5. The summed E-state index contributed by atoms with van der Waals surface area (Å²) in [7, 11) is 0. The highest BCUT2D eigenvalue weighted by molar-refractivity contribution is 14.1. The molecule has 1 aliphatic rings. The normalized spacial score (nSPS) is 13.0. The molecule has 15 amide bonds. The first-order valence-electron chi connectivity index (χ1n) is 48.0. The van der Waals surface area contributed by atoms with Crippen molar-refractivity contribution in [2.45, 2.75) is 296 Å². The molecule has 3 aromatic carbocycles. The molecule has 0 fully saturated rings. The number of hydrogen-bond donors (Lipinski definition) is 13. The SMILES string of the molecule is CC(C)[C@H](NC(=O)CCCCCCC(=O)CBr)C(=O)C[C@@H](CCCNC(N)=O)C(=O)Nc1ccc(COC(=O)C(C)(C)C)cc1.CC(C)[C@H](NC(=O)CCCCCCC(=O)CN1C(=O)C=CC1=O)C(=O)C[C@@H](CCCNC(N)=O)C(=O)Nc1ccc(COC(=O)C(C)(C)C)cc1.CC(C)[C@H](NC(=O)CCCCNC(=O)CI)C(=O)C[C@@H](CCCNC(N)=O)C(=O)Nc1ccc(COC(=O)C(C)(C)C)cc1. The lowest BCUT2D eigenvalue weighted by Gasteiger charge is -2.24. The van der Waals surface area contributed by atoms with Crippen molar-refractivity contribution in [3.63, 3.8) is 0 Å². The van der Waals surface area contributed by atoms with Gasteiger partial charge in [0.05, 0.1) is 50.7 Å². The van der Waals surface area contributed by atoms with E-state index >= 15 is 0 Å². The number of nitrogens with two attached hydrogens (primary N) is 3. The van der Waals surface area contributed by atoms with E-state index in [1.54, 1.807) is 135 Å². The van der Waals surface area contributed by atoms with E-state index in [4.69, 9.17) is 31.4 Å². The minimum Gasteiger partial charge on any atom is -0.460 e. The Kier molecular flexibility index (Phi) is 59.1. The van der Waals surface area contributed by atoms with Crippen molar-refractivity contribution in [3.8, 4) is 0 Å². The van der Waals surface area contributed by atoms with Crippen molar-refractivity contribution < 1.29 is 110 Å². The number of imide groups is 1. The van der Waals surface area contributed by atoms with Gasteiger partial charge in [0.1, 0.15) is 25.6 Å². The van der Waals surface area contributed by atoms with Gasteiger partial charge in [0.25, 0.3) is 11.8 Å². The summed E-state index contributed by atoms with van der Waals surface area (Å²) in [4.78, 5) is 247. The number of amides is 15. The van der Waals surface area contributed by atoms with Crippen molar-refractivity contribution in [1.82, 2.24) is 42.1 Å². The van der Waals surface area contributed by atoms with Gasteiger partial charge in [-0.1, -0.05) is 142 Å². The molecule has 1 aliphatic heterocycles. The number of carbonyl (C=O) groups is 20. The van der Waals surface area contributed by atoms with Gasteiger partial charge in [0, 0.05) is 125 Å². The molecular weight excluding hydrogens is 1980 g/mol. The highest BCUT2D eigenvalue weighted by Gasteiger charge is 2.35. The van der Waals surface area contributed by atoms with Gasteiger partial charge in [0.15, 0.2) is 23.1 Å². The third kappa shape index (κ3) is 54.4. The molecule has 6 atom stereocenters. The van der Waals surface area contributed by atoms with Gasteiger partial charge < -0.3 is 84.6 Å². The second kappa shape index (κ2) is 66.3. The number of nitrogens with zero attached hydrogens (tertiary/aromatic N) is 1. The van der Waals surface area contributed by atoms with Crippen LogP contribution in [0.1, 0.15) is 275 Å². The van der Waals surface area contributed by atoms with E-state index in [2.05, 4.69) is 69.1 Å². The van der Waals surface area contributed by atoms with Crippen LogP contribution in [-0.2, 0) is 116 Å². The fourth-order valence-corrected chi connectivity index (χ4v) is 14.3. The average molecular weight is 2140 g/mol. The van der Waals surface area contributed by atoms with Gasteiger partial charge in [-0.2, -0.15) is 0 Å². The minimum absolute atomic E-state index is 0.0552. The molecule has 0 saturated heterocycles. The second-order valence-electron chi connectivity index (χ2n) is 38.9. The summed E-state index contributed by atoms with van der Waals surface area (Å²) < 4.78 is 16.4. The van der Waals surface area contributed by atoms with Crippen LogP contribution in [0.2, 0.25) is 0 Å². The van der Waals surface area contributed by atoms with Crippen molar-refractivity contribution in [2.75, 3.05) is 58.4 Å². The summed E-state index contributed by atoms with van der Waals surface area (Å²) in [6.07, 6.45) is 12.3. The fourth-order valence-electron chi connectivity index (χ4n) is 13.8. The number of ether oxygens (including phenoxy) is 3. The Morgan fingerprint density at radius 2 is 0.621 bits per heavy atom. The van der Waals surface area contributed by atoms with Gasteiger partial charge in [-0.05, 0) is 210 Å². The fraction of sp³-hybridized carbons (Fsp3) is 0.604. The maximum atomic E-state index is 13.5. The lowest BCUT2D eigenvalue weighted by atomic mass is 9.89. The van der Waals surface area contributed by atoms with Crippen LogP contribution in [0.15, 0.2) is 84.9 Å². The number of halogens is 2. The largest absolute Gasteiger partial charge is 0.460 e. The van der Waals surface area contributed by atoms with E-state index in [1.165, 1.54) is 0 Å². The summed E-state index contributed by atoms with van der Waals surface area (Å²) in [5, 5.41) is 27.6. The monoisotopic (exact) mass is 2130 g/mol. The van der Waals surface area contributed by atoms with Gasteiger partial charge in [-0.15, -0.1) is 0 Å². The Labute approximate surface area is 845 Å². The van der Waals surface area contributed by atoms with Crippen molar-refractivity contribution in [3.05, 3.63) is 102 Å². The van der Waals surface area contributed by atoms with Crippen molar-refractivity contribution in [2.24, 2.45) is 69.0 Å². The smallest absolute Gasteiger partial charge is 0.312 e. The number of anilines is 3. The van der Waals surface area contributed by atoms with Crippen LogP contribution < -0.4 is 70.4 Å². The van der Waals surface area contributed by atoms with Crippen LogP contribution in [0.3, 0.4) is 0 Å². The van der Waals surface area contributed by atoms with Gasteiger partial charge in [-0.3, -0.25) is 86.4 Å². The number of nitrogens with one attached hydrogen (secondary N) is 10. The number of alkyl halides is 2. The first-order chi connectivity index (χ1) is 65.7. The van der Waals surface area contributed by atoms with Crippen LogP contribution in [0.5, 0.6) is 0 Å². The Morgan fingerprint density at radius 3 is 0.879 bits per heavy atom. The number of urea groups is 3. The van der Waals surface area contributed by atoms with Crippen LogP contribution in [0.4, 0.5) is 31.4 Å². The predicted molar refractivity (Wildman–Crippen MR) is 544 cm³/mol. The highest BCUT2D eigenvalue weighted by atomic mass is 127. The van der Waals surface area contributed by atoms with Crippen LogP contribution in [0, 0.1) is 51.8 Å². The molecule has 0 saturated carbocycles. The van der Waals surface area contributed by atoms with Gasteiger partial charge in [0.2, 0.25) is 41.4 Å². The standard InChI is InChI=1S/C37H53N5O9.C33H51BrN4O7.C31H48IN5O7/c1-24(2)33(41-30(45)13-9-7-6-8-12-28(43)22-42-31(46)18-19-32(42)47)29(44)21-26(11-10-20-39-36(38)50)34(48)40-27-16-14-25(15-17-27)23-51-35(49)37(3,4)5;1-22(2)29(38-28(41)13-9-7-6-8-12-26(39)20-34)27(40)19-24(11-10-18-36-32(35)44)30(42)37-25-16-14-23(15-17-25)21-45-31(43)33(3,4)5;1-20(2)27(37-25(39)10-6-7-15-34-26(40)18-32)24(38)17-22(9-8-16-35-30(33)43)28(41)36-23-13-11-21(12-14-23)19-44-29(42)31(3,4)5/h14-19,24,26,33H,6-13,20-23H2,1-5H3,(H,40,48)(H,41,45)(H3,38,39,50);14-17,22,24,29H,6-13,18-21H2,1-5H3,(H,37,42)(H,38,41)(H3,35,36,44);11-14,20,22,27H,6-10,15-19H2,1-5H3,(H,34,40)(H,36,41)(H,37,39)(H3,33,35,43)/t26-,33+;24-,29+;22-,27+/m111/s1. The number of unbranched alkanes of at least 4 members (excludes halogenated alkanes) is 7. The predicted octanol–water partition coefficient (Wildman–Crippen LogP) is 12.5. The Balaban J connectivity index is 0.000000713. The van der Waals surface area contributed by atoms with Crippen LogP contribution in [-0.4, -0.2) is 184 Å². The molecule has 0 aliphatic carbocycles. The third-order valence-electron chi connectivity index (χ3n) is 22.0. The van der Waals surface area contributed by atoms with E-state index in [0.717, 1.165) is 53.0 Å². The van der Waals surface area contributed by atoms with E-state index < -0.39 is 87.9 Å². The Bertz CT molecular complexity index is 4580. The first-order valence-corrected chi connectivity index (χ1v) is 50.6. The minimum atomic E-state index is -0.810. The maximum absolute atomic E-state index is 13.5. The molecule has 1 heterocycles. The molecule has 39 heteroatoms. The van der Waals surface area contributed by atoms with Crippen LogP contribution >= 0.6 is 38.5 Å². The van der Waals surface area contributed by atoms with Crippen molar-refractivity contribution in [1.29, 1.82) is 0 Å². The number of hydrogen-bond acceptors (Lipinski definition) is 23. The molecule has 16 N–H and O–H groups in total. The van der Waals surface area contributed by atoms with Crippen molar-refractivity contribution >= 4 is 174 Å². The summed E-state index contributed by atoms with van der Waals surface area (Å²) in [6, 6.07) is 16.2. The first kappa shape index (κ1) is 125. The number of primary amides is 3. The third-order valence-corrected chi connectivity index (χ3v) is 23.3. The summed E-state index contributed by atoms with van der Waals surface area (Å²) in [6.45, 7) is 28.2. The average Bonchev–Trinajstić information content (AvgIpc) is 1.67. The molecule has 0 aromatic heterocycles. The zero-order valence-corrected chi connectivity index (χ0v) is 87.9. The van der Waals surface area contributed by atoms with E-state index in [9.17, 15) is 95.9 Å². The number of esters is 3. The van der Waals surface area contributed by atoms with Gasteiger partial charge >= 0.3 is 36.0 Å². The number of rotatable bonds is 62. The molecule has 778 valence electrons. The lowest BCUT2D eigenvalue weighted by molar-refractivity contribution is -0.155. The molecule has 3 aromatic rings. The summed E-state index contributed by atoms with van der Waals surface area (Å²) in [5.74, 6) is -7.55. The molecule has 0 unspecified atom stereocenters. The lowest BCUT2D eigenvalue weighted by Crippen LogP contribution is -2.45. The number of carbonyl (C=O) groups excluding carboxylic acids is 20. The number of Topliss-reactive ketones (excluding diaryl/α,β-unsaturated/α-hetero) is 5. The molecule has 140 heavy (non-hydrogen) atoms. The summed E-state index contributed by atoms with van der Waals surface area (Å²) >= 11 is 5.13. The van der Waals surface area contributed by atoms with E-state index in [1.807, 2.05) is 64.1 Å². The molecule has 0 bridgehead atoms. The van der Waals surface area contributed by atoms with Crippen LogP contribution in [0.25, 0.3) is 0 Å². The van der Waals surface area contributed by atoms with Gasteiger partial charge in [-0.25, -0.2) is 14.4 Å². The second-order valence-corrected chi connectivity index (χ2v) is 40.2. The Morgan fingerprint density at radius 1 is 0.357 bits per heavy atom. The molecular formula is C101H152BrIN14O23. The number of benzene rings is 3. The molecule has 0 radical (unpaired) electrons. The Hall–Kier alpha value is -11.4. The molecule has 4 rings (SSSR count). The maximum Gasteiger partial charge on any atom is 0.312 e. The highest BCUT2D eigenvalue weighted by Crippen LogP contribution is 2.27. The zero-order chi connectivity index (χ0) is 105. The topological polar surface area (TPSA) is 571 Å². The molecule has 37 nitrogen and oxygen atoms in total. The van der Waals surface area contributed by atoms with E-state index in [-0.39, 0.29) is 197 Å². The molecule has 0 spiro atoms. The summed E-state index contributed by atoms with van der Waals surface area (Å²) in [5.41, 5.74) is 17.4. The quantitative estimate of drug-likeness (QED) is 0.00623. The zero-order valence-electron chi connectivity index (χ0n) is 84.1. The van der Waals surface area contributed by atoms with E-state index in [0.29, 0.717) is 117 Å².